The van der Waals surface area contributed by atoms with Crippen molar-refractivity contribution in [3.63, 3.8) is 0 Å². The highest BCUT2D eigenvalue weighted by molar-refractivity contribution is 7.89. The van der Waals surface area contributed by atoms with Gasteiger partial charge in [0.2, 0.25) is 21.8 Å². The second kappa shape index (κ2) is 9.95. The molecule has 4 rings (SSSR count). The van der Waals surface area contributed by atoms with Gasteiger partial charge in [-0.3, -0.25) is 9.59 Å². The van der Waals surface area contributed by atoms with E-state index in [1.807, 2.05) is 49.4 Å². The summed E-state index contributed by atoms with van der Waals surface area (Å²) >= 11 is 0. The second-order valence-electron chi connectivity index (χ2n) is 8.65. The molecule has 1 atom stereocenters. The van der Waals surface area contributed by atoms with Gasteiger partial charge in [-0.15, -0.1) is 0 Å². The molecule has 178 valence electrons. The molecule has 0 spiro atoms. The number of nitrogens with one attached hydrogen (secondary N) is 1. The summed E-state index contributed by atoms with van der Waals surface area (Å²) in [5, 5.41) is 4.88. The van der Waals surface area contributed by atoms with Crippen LogP contribution in [0.15, 0.2) is 71.6 Å². The summed E-state index contributed by atoms with van der Waals surface area (Å²) in [6, 6.07) is 19.8. The standard InChI is InChI=1S/C26H29N3O4S/c1-19-10-12-23(13-11-19)34(32,33)29-16-14-28(15-17-29)26(31)20(2)27-25(30)18-22-8-5-7-21-6-3-4-9-24(21)22/h3-13,20H,14-18H2,1-2H3,(H,27,30)/t20-/m1/s1. The molecule has 1 heterocycles. The number of piperazine rings is 1. The first kappa shape index (κ1) is 23.9. The first-order valence-corrected chi connectivity index (χ1v) is 12.8. The summed E-state index contributed by atoms with van der Waals surface area (Å²) in [6.45, 7) is 4.58. The minimum atomic E-state index is -3.59. The lowest BCUT2D eigenvalue weighted by molar-refractivity contribution is -0.136. The molecule has 1 fully saturated rings. The fraction of sp³-hybridized carbons (Fsp3) is 0.308. The van der Waals surface area contributed by atoms with E-state index in [9.17, 15) is 18.0 Å². The summed E-state index contributed by atoms with van der Waals surface area (Å²) in [6.07, 6.45) is 0.182. The lowest BCUT2D eigenvalue weighted by Crippen LogP contribution is -2.55. The van der Waals surface area contributed by atoms with Crippen LogP contribution in [-0.4, -0.2) is 61.7 Å². The zero-order chi connectivity index (χ0) is 24.3. The van der Waals surface area contributed by atoms with Crippen LogP contribution in [-0.2, 0) is 26.0 Å². The Kier molecular flexibility index (Phi) is 7.00. The maximum atomic E-state index is 12.9. The Balaban J connectivity index is 1.33. The van der Waals surface area contributed by atoms with Gasteiger partial charge in [-0.1, -0.05) is 60.2 Å². The highest BCUT2D eigenvalue weighted by atomic mass is 32.2. The number of amides is 2. The van der Waals surface area contributed by atoms with Crippen LogP contribution in [0.25, 0.3) is 10.8 Å². The average molecular weight is 480 g/mol. The van der Waals surface area contributed by atoms with Crippen LogP contribution < -0.4 is 5.32 Å². The predicted octanol–water partition coefficient (Wildman–Crippen LogP) is 2.73. The highest BCUT2D eigenvalue weighted by Gasteiger charge is 2.31. The van der Waals surface area contributed by atoms with Gasteiger partial charge in [-0.05, 0) is 42.3 Å². The third-order valence-corrected chi connectivity index (χ3v) is 8.10. The molecule has 0 saturated carbocycles. The Morgan fingerprint density at radius 3 is 2.26 bits per heavy atom. The van der Waals surface area contributed by atoms with E-state index in [1.165, 1.54) is 4.31 Å². The first-order valence-electron chi connectivity index (χ1n) is 11.4. The van der Waals surface area contributed by atoms with Gasteiger partial charge in [-0.25, -0.2) is 8.42 Å². The monoisotopic (exact) mass is 479 g/mol. The molecule has 2 amide bonds. The number of rotatable bonds is 6. The van der Waals surface area contributed by atoms with Crippen LogP contribution in [0.3, 0.4) is 0 Å². The first-order chi connectivity index (χ1) is 16.3. The Bertz CT molecular complexity index is 1290. The fourth-order valence-electron chi connectivity index (χ4n) is 4.26. The van der Waals surface area contributed by atoms with Gasteiger partial charge in [0.15, 0.2) is 0 Å². The van der Waals surface area contributed by atoms with Crippen molar-refractivity contribution in [3.8, 4) is 0 Å². The molecule has 34 heavy (non-hydrogen) atoms. The van der Waals surface area contributed by atoms with Crippen LogP contribution >= 0.6 is 0 Å². The highest BCUT2D eigenvalue weighted by Crippen LogP contribution is 2.20. The van der Waals surface area contributed by atoms with E-state index in [0.717, 1.165) is 21.9 Å². The smallest absolute Gasteiger partial charge is 0.244 e. The van der Waals surface area contributed by atoms with Crippen molar-refractivity contribution in [1.29, 1.82) is 0 Å². The topological polar surface area (TPSA) is 86.8 Å². The van der Waals surface area contributed by atoms with E-state index < -0.39 is 16.1 Å². The van der Waals surface area contributed by atoms with E-state index in [4.69, 9.17) is 0 Å². The second-order valence-corrected chi connectivity index (χ2v) is 10.6. The molecule has 0 aliphatic carbocycles. The third-order valence-electron chi connectivity index (χ3n) is 6.19. The van der Waals surface area contributed by atoms with Crippen LogP contribution in [0.1, 0.15) is 18.1 Å². The average Bonchev–Trinajstić information content (AvgIpc) is 2.84. The summed E-state index contributed by atoms with van der Waals surface area (Å²) < 4.78 is 27.2. The van der Waals surface area contributed by atoms with Gasteiger partial charge in [0.25, 0.3) is 0 Å². The molecule has 0 unspecified atom stereocenters. The Morgan fingerprint density at radius 2 is 1.56 bits per heavy atom. The number of carbonyl (C=O) groups excluding carboxylic acids is 2. The molecule has 1 N–H and O–H groups in total. The lowest BCUT2D eigenvalue weighted by Gasteiger charge is -2.35. The van der Waals surface area contributed by atoms with Crippen molar-refractivity contribution in [2.45, 2.75) is 31.2 Å². The normalized spacial score (nSPS) is 15.8. The molecule has 1 saturated heterocycles. The molecule has 0 radical (unpaired) electrons. The Labute approximate surface area is 200 Å². The van der Waals surface area contributed by atoms with E-state index in [1.54, 1.807) is 36.1 Å². The maximum absolute atomic E-state index is 12.9. The molecule has 0 bridgehead atoms. The number of hydrogen-bond donors (Lipinski definition) is 1. The van der Waals surface area contributed by atoms with Gasteiger partial charge in [0.05, 0.1) is 11.3 Å². The van der Waals surface area contributed by atoms with Gasteiger partial charge >= 0.3 is 0 Å². The van der Waals surface area contributed by atoms with Crippen molar-refractivity contribution >= 4 is 32.6 Å². The van der Waals surface area contributed by atoms with E-state index in [0.29, 0.717) is 0 Å². The summed E-state index contributed by atoms with van der Waals surface area (Å²) in [5.74, 6) is -0.434. The number of aryl methyl sites for hydroxylation is 1. The number of sulfonamides is 1. The molecule has 1 aliphatic rings. The van der Waals surface area contributed by atoms with Crippen molar-refractivity contribution in [1.82, 2.24) is 14.5 Å². The predicted molar refractivity (Wildman–Crippen MR) is 132 cm³/mol. The van der Waals surface area contributed by atoms with Gasteiger partial charge in [-0.2, -0.15) is 4.31 Å². The zero-order valence-electron chi connectivity index (χ0n) is 19.4. The van der Waals surface area contributed by atoms with Crippen molar-refractivity contribution in [2.75, 3.05) is 26.2 Å². The maximum Gasteiger partial charge on any atom is 0.244 e. The Hall–Kier alpha value is -3.23. The lowest BCUT2D eigenvalue weighted by atomic mass is 10.0. The number of carbonyl (C=O) groups is 2. The SMILES string of the molecule is Cc1ccc(S(=O)(=O)N2CCN(C(=O)[C@@H](C)NC(=O)Cc3cccc4ccccc34)CC2)cc1. The van der Waals surface area contributed by atoms with E-state index in [-0.39, 0.29) is 49.3 Å². The minimum absolute atomic E-state index is 0.182. The number of fused-ring (bicyclic) bond motifs is 1. The number of benzene rings is 3. The molecule has 8 heteroatoms. The largest absolute Gasteiger partial charge is 0.344 e. The Morgan fingerprint density at radius 1 is 0.912 bits per heavy atom. The molecule has 0 aromatic heterocycles. The van der Waals surface area contributed by atoms with Gasteiger partial charge in [0.1, 0.15) is 6.04 Å². The van der Waals surface area contributed by atoms with Crippen LogP contribution in [0, 0.1) is 6.92 Å². The van der Waals surface area contributed by atoms with Crippen molar-refractivity contribution in [3.05, 3.63) is 77.9 Å². The molecule has 1 aliphatic heterocycles. The summed E-state index contributed by atoms with van der Waals surface area (Å²) in [7, 11) is -3.59. The van der Waals surface area contributed by atoms with E-state index in [2.05, 4.69) is 5.32 Å². The number of hydrogen-bond acceptors (Lipinski definition) is 4. The molecule has 3 aromatic carbocycles. The van der Waals surface area contributed by atoms with Gasteiger partial charge in [0, 0.05) is 26.2 Å². The van der Waals surface area contributed by atoms with E-state index >= 15 is 0 Å². The molecule has 7 nitrogen and oxygen atoms in total. The van der Waals surface area contributed by atoms with Gasteiger partial charge < -0.3 is 10.2 Å². The van der Waals surface area contributed by atoms with Crippen molar-refractivity contribution < 1.29 is 18.0 Å². The molecular weight excluding hydrogens is 450 g/mol. The minimum Gasteiger partial charge on any atom is -0.344 e. The van der Waals surface area contributed by atoms with Crippen LogP contribution in [0.4, 0.5) is 0 Å². The fourth-order valence-corrected chi connectivity index (χ4v) is 5.68. The molecular formula is C26H29N3O4S. The summed E-state index contributed by atoms with van der Waals surface area (Å²) in [5.41, 5.74) is 1.90. The summed E-state index contributed by atoms with van der Waals surface area (Å²) in [4.78, 5) is 27.4. The van der Waals surface area contributed by atoms with Crippen LogP contribution in [0.2, 0.25) is 0 Å². The zero-order valence-corrected chi connectivity index (χ0v) is 20.2. The van der Waals surface area contributed by atoms with Crippen LogP contribution in [0.5, 0.6) is 0 Å². The van der Waals surface area contributed by atoms with Crippen molar-refractivity contribution in [2.24, 2.45) is 0 Å². The molecule has 3 aromatic rings. The third kappa shape index (κ3) is 5.13. The number of nitrogens with zero attached hydrogens (tertiary/aromatic N) is 2. The quantitative estimate of drug-likeness (QED) is 0.589.